The Bertz CT molecular complexity index is 715. The number of carbonyl (C=O) groups is 1. The summed E-state index contributed by atoms with van der Waals surface area (Å²) in [6.45, 7) is 7.37. The third kappa shape index (κ3) is 3.69. The smallest absolute Gasteiger partial charge is 0.227 e. The largest absolute Gasteiger partial charge is 0.312 e. The molecule has 24 heavy (non-hydrogen) atoms. The highest BCUT2D eigenvalue weighted by molar-refractivity contribution is 5.94. The second-order valence-corrected chi connectivity index (χ2v) is 7.18. The fraction of sp³-hybridized carbons (Fsp3) is 0.409. The van der Waals surface area contributed by atoms with Gasteiger partial charge >= 0.3 is 0 Å². The number of amides is 1. The van der Waals surface area contributed by atoms with Crippen molar-refractivity contribution in [2.24, 2.45) is 0 Å². The number of hydrogen-bond acceptors (Lipinski definition) is 1. The fourth-order valence-corrected chi connectivity index (χ4v) is 3.44. The molecular formula is C22H27NO. The second-order valence-electron chi connectivity index (χ2n) is 7.18. The normalized spacial score (nSPS) is 13.9. The van der Waals surface area contributed by atoms with Crippen LogP contribution in [0.15, 0.2) is 42.5 Å². The molecule has 126 valence electrons. The zero-order valence-electron chi connectivity index (χ0n) is 15.0. The first-order chi connectivity index (χ1) is 11.5. The van der Waals surface area contributed by atoms with Gasteiger partial charge in [0.1, 0.15) is 0 Å². The van der Waals surface area contributed by atoms with Gasteiger partial charge in [-0.1, -0.05) is 55.8 Å². The van der Waals surface area contributed by atoms with Crippen LogP contribution in [0.2, 0.25) is 0 Å². The molecule has 2 heteroatoms. The molecule has 0 atom stereocenters. The number of rotatable bonds is 4. The Labute approximate surface area is 145 Å². The molecule has 0 unspecified atom stereocenters. The van der Waals surface area contributed by atoms with Crippen LogP contribution < -0.4 is 4.90 Å². The Kier molecular flexibility index (Phi) is 5.03. The van der Waals surface area contributed by atoms with Crippen molar-refractivity contribution >= 4 is 11.6 Å². The van der Waals surface area contributed by atoms with Gasteiger partial charge in [0, 0.05) is 18.7 Å². The lowest BCUT2D eigenvalue weighted by atomic mass is 9.98. The molecule has 0 radical (unpaired) electrons. The maximum absolute atomic E-state index is 12.7. The van der Waals surface area contributed by atoms with Crippen molar-refractivity contribution in [1.82, 2.24) is 0 Å². The number of carbonyl (C=O) groups excluding carboxylic acids is 1. The van der Waals surface area contributed by atoms with Crippen LogP contribution in [0, 0.1) is 6.92 Å². The van der Waals surface area contributed by atoms with Gasteiger partial charge in [-0.05, 0) is 54.9 Å². The predicted molar refractivity (Wildman–Crippen MR) is 101 cm³/mol. The first-order valence-corrected chi connectivity index (χ1v) is 9.03. The molecule has 0 saturated carbocycles. The molecule has 0 N–H and O–H groups in total. The van der Waals surface area contributed by atoms with Gasteiger partial charge < -0.3 is 4.90 Å². The van der Waals surface area contributed by atoms with Gasteiger partial charge in [0.05, 0.1) is 0 Å². The van der Waals surface area contributed by atoms with E-state index in [0.29, 0.717) is 12.3 Å². The van der Waals surface area contributed by atoms with Gasteiger partial charge in [-0.3, -0.25) is 4.79 Å². The Morgan fingerprint density at radius 3 is 2.58 bits per heavy atom. The molecule has 1 aliphatic rings. The third-order valence-corrected chi connectivity index (χ3v) is 4.93. The minimum atomic E-state index is 0.243. The summed E-state index contributed by atoms with van der Waals surface area (Å²) in [6, 6.07) is 15.1. The molecule has 2 aromatic carbocycles. The van der Waals surface area contributed by atoms with Crippen molar-refractivity contribution in [2.75, 3.05) is 11.4 Å². The summed E-state index contributed by atoms with van der Waals surface area (Å²) in [7, 11) is 0. The van der Waals surface area contributed by atoms with E-state index in [1.54, 1.807) is 0 Å². The predicted octanol–water partition coefficient (Wildman–Crippen LogP) is 5.03. The molecule has 1 heterocycles. The Morgan fingerprint density at radius 1 is 1.12 bits per heavy atom. The van der Waals surface area contributed by atoms with Crippen LogP contribution in [0.4, 0.5) is 5.69 Å². The minimum Gasteiger partial charge on any atom is -0.312 e. The van der Waals surface area contributed by atoms with Crippen LogP contribution >= 0.6 is 0 Å². The highest BCUT2D eigenvalue weighted by atomic mass is 16.2. The van der Waals surface area contributed by atoms with E-state index in [1.165, 1.54) is 22.3 Å². The van der Waals surface area contributed by atoms with Gasteiger partial charge in [0.2, 0.25) is 5.91 Å². The van der Waals surface area contributed by atoms with Crippen molar-refractivity contribution in [2.45, 2.75) is 52.4 Å². The maximum atomic E-state index is 12.7. The number of anilines is 1. The highest BCUT2D eigenvalue weighted by Gasteiger charge is 2.22. The molecule has 0 saturated heterocycles. The lowest BCUT2D eigenvalue weighted by Crippen LogP contribution is -2.35. The van der Waals surface area contributed by atoms with Crippen LogP contribution in [-0.2, 0) is 17.6 Å². The fourth-order valence-electron chi connectivity index (χ4n) is 3.44. The molecule has 0 aliphatic carbocycles. The Balaban J connectivity index is 1.66. The summed E-state index contributed by atoms with van der Waals surface area (Å²) >= 11 is 0. The zero-order chi connectivity index (χ0) is 17.1. The molecular weight excluding hydrogens is 294 g/mol. The average Bonchev–Trinajstić information content (AvgIpc) is 2.59. The first kappa shape index (κ1) is 16.8. The van der Waals surface area contributed by atoms with Crippen molar-refractivity contribution in [3.8, 4) is 0 Å². The summed E-state index contributed by atoms with van der Waals surface area (Å²) < 4.78 is 0. The lowest BCUT2D eigenvalue weighted by molar-refractivity contribution is -0.118. The van der Waals surface area contributed by atoms with E-state index < -0.39 is 0 Å². The molecule has 0 bridgehead atoms. The quantitative estimate of drug-likeness (QED) is 0.773. The van der Waals surface area contributed by atoms with E-state index >= 15 is 0 Å². The second kappa shape index (κ2) is 7.21. The van der Waals surface area contributed by atoms with E-state index in [4.69, 9.17) is 0 Å². The van der Waals surface area contributed by atoms with Crippen LogP contribution in [0.1, 0.15) is 54.9 Å². The number of benzene rings is 2. The first-order valence-electron chi connectivity index (χ1n) is 9.03. The van der Waals surface area contributed by atoms with Crippen molar-refractivity contribution in [3.05, 3.63) is 64.7 Å². The zero-order valence-corrected chi connectivity index (χ0v) is 15.0. The molecule has 3 rings (SSSR count). The third-order valence-electron chi connectivity index (χ3n) is 4.93. The molecule has 2 aromatic rings. The van der Waals surface area contributed by atoms with Crippen LogP contribution in [0.25, 0.3) is 0 Å². The molecule has 0 fully saturated rings. The minimum absolute atomic E-state index is 0.243. The SMILES string of the molecule is Cc1ccc2c(c1)CCCN2C(=O)CCc1ccc(C(C)C)cc1. The maximum Gasteiger partial charge on any atom is 0.227 e. The molecule has 0 spiro atoms. The Morgan fingerprint density at radius 2 is 1.88 bits per heavy atom. The monoisotopic (exact) mass is 321 g/mol. The van der Waals surface area contributed by atoms with E-state index in [9.17, 15) is 4.79 Å². The van der Waals surface area contributed by atoms with Gasteiger partial charge in [-0.15, -0.1) is 0 Å². The van der Waals surface area contributed by atoms with Gasteiger partial charge in [0.25, 0.3) is 0 Å². The molecule has 0 aromatic heterocycles. The number of aryl methyl sites for hydroxylation is 3. The lowest BCUT2D eigenvalue weighted by Gasteiger charge is -2.30. The van der Waals surface area contributed by atoms with Crippen LogP contribution in [-0.4, -0.2) is 12.5 Å². The van der Waals surface area contributed by atoms with Crippen LogP contribution in [0.5, 0.6) is 0 Å². The molecule has 1 amide bonds. The highest BCUT2D eigenvalue weighted by Crippen LogP contribution is 2.28. The van der Waals surface area contributed by atoms with Crippen molar-refractivity contribution in [3.63, 3.8) is 0 Å². The average molecular weight is 321 g/mol. The van der Waals surface area contributed by atoms with Gasteiger partial charge in [-0.25, -0.2) is 0 Å². The summed E-state index contributed by atoms with van der Waals surface area (Å²) in [4.78, 5) is 14.7. The summed E-state index contributed by atoms with van der Waals surface area (Å²) in [5.41, 5.74) is 6.30. The standard InChI is InChI=1S/C22H27NO/c1-16(2)19-10-7-18(8-11-19)9-13-22(24)23-14-4-5-20-15-17(3)6-12-21(20)23/h6-8,10-12,15-16H,4-5,9,13-14H2,1-3H3. The Hall–Kier alpha value is -2.09. The molecule has 2 nitrogen and oxygen atoms in total. The van der Waals surface area contributed by atoms with Gasteiger partial charge in [0.15, 0.2) is 0 Å². The van der Waals surface area contributed by atoms with E-state index in [1.807, 2.05) is 4.90 Å². The molecule has 1 aliphatic heterocycles. The number of fused-ring (bicyclic) bond motifs is 1. The summed E-state index contributed by atoms with van der Waals surface area (Å²) in [5.74, 6) is 0.793. The van der Waals surface area contributed by atoms with Gasteiger partial charge in [-0.2, -0.15) is 0 Å². The van der Waals surface area contributed by atoms with E-state index in [2.05, 4.69) is 63.2 Å². The van der Waals surface area contributed by atoms with Crippen molar-refractivity contribution in [1.29, 1.82) is 0 Å². The van der Waals surface area contributed by atoms with E-state index in [0.717, 1.165) is 31.5 Å². The van der Waals surface area contributed by atoms with Crippen LogP contribution in [0.3, 0.4) is 0 Å². The number of nitrogens with zero attached hydrogens (tertiary/aromatic N) is 1. The summed E-state index contributed by atoms with van der Waals surface area (Å²) in [6.07, 6.45) is 3.53. The summed E-state index contributed by atoms with van der Waals surface area (Å²) in [5, 5.41) is 0. The van der Waals surface area contributed by atoms with Crippen molar-refractivity contribution < 1.29 is 4.79 Å². The topological polar surface area (TPSA) is 20.3 Å². The van der Waals surface area contributed by atoms with E-state index in [-0.39, 0.29) is 5.91 Å². The number of hydrogen-bond donors (Lipinski definition) is 0.